The number of aryl methyl sites for hydroxylation is 1. The Labute approximate surface area is 98.4 Å². The minimum absolute atomic E-state index is 0.00264. The van der Waals surface area contributed by atoms with E-state index in [9.17, 15) is 9.59 Å². The van der Waals surface area contributed by atoms with E-state index in [1.54, 1.807) is 16.9 Å². The van der Waals surface area contributed by atoms with Crippen molar-refractivity contribution in [3.05, 3.63) is 12.3 Å². The average molecular weight is 234 g/mol. The lowest BCUT2D eigenvalue weighted by Crippen LogP contribution is -2.34. The van der Waals surface area contributed by atoms with Gasteiger partial charge in [0.2, 0.25) is 11.8 Å². The first-order valence-corrected chi connectivity index (χ1v) is 5.81. The highest BCUT2D eigenvalue weighted by Crippen LogP contribution is 2.46. The van der Waals surface area contributed by atoms with Crippen molar-refractivity contribution in [3.8, 4) is 0 Å². The lowest BCUT2D eigenvalue weighted by Gasteiger charge is -2.15. The predicted molar refractivity (Wildman–Crippen MR) is 59.6 cm³/mol. The second-order valence-corrected chi connectivity index (χ2v) is 4.63. The molecule has 2 heterocycles. The van der Waals surface area contributed by atoms with Crippen LogP contribution in [0.5, 0.6) is 0 Å². The molecule has 1 saturated carbocycles. The van der Waals surface area contributed by atoms with E-state index in [0.717, 1.165) is 12.8 Å². The van der Waals surface area contributed by atoms with E-state index in [0.29, 0.717) is 18.9 Å². The van der Waals surface area contributed by atoms with Crippen molar-refractivity contribution in [2.24, 2.45) is 11.8 Å². The Morgan fingerprint density at radius 3 is 2.59 bits per heavy atom. The average Bonchev–Trinajstić information content (AvgIpc) is 2.94. The molecule has 0 spiro atoms. The van der Waals surface area contributed by atoms with Gasteiger partial charge in [0.05, 0.1) is 11.8 Å². The Balaban J connectivity index is 1.52. The number of carbonyl (C=O) groups excluding carboxylic acids is 2. The van der Waals surface area contributed by atoms with E-state index < -0.39 is 0 Å². The monoisotopic (exact) mass is 234 g/mol. The van der Waals surface area contributed by atoms with Gasteiger partial charge in [0, 0.05) is 19.3 Å². The number of fused-ring (bicyclic) bond motifs is 1. The van der Waals surface area contributed by atoms with Gasteiger partial charge in [0.25, 0.3) is 0 Å². The van der Waals surface area contributed by atoms with E-state index in [4.69, 9.17) is 5.73 Å². The van der Waals surface area contributed by atoms with Crippen LogP contribution in [-0.2, 0) is 16.1 Å². The van der Waals surface area contributed by atoms with E-state index >= 15 is 0 Å². The number of nitrogens with zero attached hydrogens (tertiary/aromatic N) is 3. The first-order valence-electron chi connectivity index (χ1n) is 5.81. The fraction of sp³-hybridized carbons (Fsp3) is 0.545. The van der Waals surface area contributed by atoms with Gasteiger partial charge in [0.1, 0.15) is 5.82 Å². The van der Waals surface area contributed by atoms with Crippen LogP contribution in [0.3, 0.4) is 0 Å². The van der Waals surface area contributed by atoms with Crippen LogP contribution in [0, 0.1) is 11.8 Å². The van der Waals surface area contributed by atoms with Gasteiger partial charge in [-0.3, -0.25) is 19.2 Å². The molecule has 2 fully saturated rings. The molecule has 2 N–H and O–H groups in total. The van der Waals surface area contributed by atoms with Gasteiger partial charge in [0.15, 0.2) is 0 Å². The number of nitrogens with two attached hydrogens (primary N) is 1. The van der Waals surface area contributed by atoms with Gasteiger partial charge in [-0.2, -0.15) is 5.10 Å². The molecule has 2 amide bonds. The number of amides is 2. The molecule has 0 aromatic carbocycles. The summed E-state index contributed by atoms with van der Waals surface area (Å²) in [6.45, 7) is 1.16. The van der Waals surface area contributed by atoms with Crippen LogP contribution in [0.4, 0.5) is 5.82 Å². The predicted octanol–water partition coefficient (Wildman–Crippen LogP) is -0.140. The molecule has 6 nitrogen and oxygen atoms in total. The maximum absolute atomic E-state index is 11.7. The first-order chi connectivity index (χ1) is 8.16. The van der Waals surface area contributed by atoms with Crippen molar-refractivity contribution in [1.82, 2.24) is 14.7 Å². The van der Waals surface area contributed by atoms with Crippen molar-refractivity contribution in [1.29, 1.82) is 0 Å². The van der Waals surface area contributed by atoms with Crippen LogP contribution < -0.4 is 5.73 Å². The molecular weight excluding hydrogens is 220 g/mol. The molecule has 2 aliphatic rings. The molecule has 0 radical (unpaired) electrons. The fourth-order valence-corrected chi connectivity index (χ4v) is 2.36. The highest BCUT2D eigenvalue weighted by atomic mass is 16.2. The van der Waals surface area contributed by atoms with E-state index in [1.807, 2.05) is 0 Å². The summed E-state index contributed by atoms with van der Waals surface area (Å²) in [6.07, 6.45) is 3.28. The molecule has 1 aromatic heterocycles. The third kappa shape index (κ3) is 1.69. The lowest BCUT2D eigenvalue weighted by molar-refractivity contribution is -0.141. The summed E-state index contributed by atoms with van der Waals surface area (Å²) < 4.78 is 1.72. The summed E-state index contributed by atoms with van der Waals surface area (Å²) in [7, 11) is 0. The third-order valence-corrected chi connectivity index (χ3v) is 3.39. The first kappa shape index (κ1) is 10.3. The minimum atomic E-state index is 0.00264. The smallest absolute Gasteiger partial charge is 0.233 e. The molecule has 1 saturated heterocycles. The molecule has 1 aromatic rings. The highest BCUT2D eigenvalue weighted by molar-refractivity contribution is 6.08. The van der Waals surface area contributed by atoms with Crippen molar-refractivity contribution < 1.29 is 9.59 Å². The summed E-state index contributed by atoms with van der Waals surface area (Å²) in [5, 5.41) is 4.04. The van der Waals surface area contributed by atoms with Gasteiger partial charge >= 0.3 is 0 Å². The zero-order chi connectivity index (χ0) is 12.0. The molecule has 3 rings (SSSR count). The highest BCUT2D eigenvalue weighted by Gasteiger charge is 2.58. The number of nitrogen functional groups attached to an aromatic ring is 1. The molecule has 2 atom stereocenters. The summed E-state index contributed by atoms with van der Waals surface area (Å²) in [5.74, 6) is 0.519. The maximum atomic E-state index is 11.7. The zero-order valence-corrected chi connectivity index (χ0v) is 9.37. The van der Waals surface area contributed by atoms with Crippen molar-refractivity contribution in [2.45, 2.75) is 19.4 Å². The van der Waals surface area contributed by atoms with Crippen LogP contribution >= 0.6 is 0 Å². The number of rotatable bonds is 4. The maximum Gasteiger partial charge on any atom is 0.233 e. The van der Waals surface area contributed by atoms with Crippen molar-refractivity contribution >= 4 is 17.6 Å². The molecular formula is C11H14N4O2. The number of aromatic nitrogens is 2. The quantitative estimate of drug-likeness (QED) is 0.735. The molecule has 90 valence electrons. The largest absolute Gasteiger partial charge is 0.382 e. The molecule has 6 heteroatoms. The van der Waals surface area contributed by atoms with E-state index in [1.165, 1.54) is 4.90 Å². The second-order valence-electron chi connectivity index (χ2n) is 4.63. The summed E-state index contributed by atoms with van der Waals surface area (Å²) >= 11 is 0. The summed E-state index contributed by atoms with van der Waals surface area (Å²) in [6, 6.07) is 1.72. The van der Waals surface area contributed by atoms with E-state index in [-0.39, 0.29) is 23.7 Å². The van der Waals surface area contributed by atoms with Crippen molar-refractivity contribution in [2.75, 3.05) is 12.3 Å². The Kier molecular flexibility index (Phi) is 2.17. The Morgan fingerprint density at radius 2 is 2.00 bits per heavy atom. The Morgan fingerprint density at radius 1 is 1.29 bits per heavy atom. The van der Waals surface area contributed by atoms with Gasteiger partial charge < -0.3 is 5.73 Å². The summed E-state index contributed by atoms with van der Waals surface area (Å²) in [5.41, 5.74) is 5.49. The Hall–Kier alpha value is -1.85. The fourth-order valence-electron chi connectivity index (χ4n) is 2.36. The van der Waals surface area contributed by atoms with Crippen LogP contribution in [0.2, 0.25) is 0 Å². The van der Waals surface area contributed by atoms with Gasteiger partial charge in [-0.25, -0.2) is 0 Å². The van der Waals surface area contributed by atoms with Crippen LogP contribution in [0.1, 0.15) is 12.8 Å². The zero-order valence-electron chi connectivity index (χ0n) is 9.37. The van der Waals surface area contributed by atoms with Gasteiger partial charge in [-0.1, -0.05) is 0 Å². The number of likely N-dealkylation sites (tertiary alicyclic amines) is 1. The lowest BCUT2D eigenvalue weighted by atomic mass is 10.3. The van der Waals surface area contributed by atoms with Gasteiger partial charge in [-0.15, -0.1) is 0 Å². The minimum Gasteiger partial charge on any atom is -0.382 e. The number of hydrogen-bond acceptors (Lipinski definition) is 4. The van der Waals surface area contributed by atoms with Crippen LogP contribution in [-0.4, -0.2) is 33.0 Å². The van der Waals surface area contributed by atoms with Gasteiger partial charge in [-0.05, 0) is 18.9 Å². The molecule has 17 heavy (non-hydrogen) atoms. The normalized spacial score (nSPS) is 26.5. The van der Waals surface area contributed by atoms with Crippen LogP contribution in [0.15, 0.2) is 12.3 Å². The molecule has 1 aliphatic heterocycles. The number of imide groups is 1. The molecule has 1 aliphatic carbocycles. The summed E-state index contributed by atoms with van der Waals surface area (Å²) in [4.78, 5) is 24.7. The second kappa shape index (κ2) is 3.58. The third-order valence-electron chi connectivity index (χ3n) is 3.39. The number of anilines is 1. The number of hydrogen-bond donors (Lipinski definition) is 1. The van der Waals surface area contributed by atoms with E-state index in [2.05, 4.69) is 5.10 Å². The Bertz CT molecular complexity index is 462. The number of carbonyl (C=O) groups is 2. The van der Waals surface area contributed by atoms with Crippen LogP contribution in [0.25, 0.3) is 0 Å². The number of piperidine rings is 1. The molecule has 0 bridgehead atoms. The van der Waals surface area contributed by atoms with Crippen molar-refractivity contribution in [3.63, 3.8) is 0 Å². The topological polar surface area (TPSA) is 81.2 Å². The molecule has 2 unspecified atom stereocenters. The SMILES string of the molecule is Nc1ccn(CCCN2C(=O)C3CC3C2=O)n1. The standard InChI is InChI=1S/C11H14N4O2/c12-9-2-5-14(13-9)3-1-4-15-10(16)7-6-8(7)11(15)17/h2,5,7-8H,1,3-4,6H2,(H2,12,13).